The van der Waals surface area contributed by atoms with Crippen molar-refractivity contribution in [3.8, 4) is 11.8 Å². The van der Waals surface area contributed by atoms with Gasteiger partial charge in [0.1, 0.15) is 0 Å². The van der Waals surface area contributed by atoms with Gasteiger partial charge < -0.3 is 0 Å². The zero-order valence-electron chi connectivity index (χ0n) is 15.9. The fourth-order valence-corrected chi connectivity index (χ4v) is 3.37. The summed E-state index contributed by atoms with van der Waals surface area (Å²) in [5.74, 6) is 6.45. The van der Waals surface area contributed by atoms with Crippen LogP contribution in [0.5, 0.6) is 0 Å². The molecule has 2 aromatic carbocycles. The highest BCUT2D eigenvalue weighted by Crippen LogP contribution is 2.39. The van der Waals surface area contributed by atoms with E-state index in [0.29, 0.717) is 6.04 Å². The van der Waals surface area contributed by atoms with Crippen LogP contribution < -0.4 is 5.32 Å². The Balaban J connectivity index is 0.00000182. The molecule has 0 radical (unpaired) electrons. The maximum Gasteiger partial charge on any atom is 0.0597 e. The Morgan fingerprint density at radius 3 is 2.07 bits per heavy atom. The summed E-state index contributed by atoms with van der Waals surface area (Å²) in [7, 11) is 4.09. The van der Waals surface area contributed by atoms with Gasteiger partial charge in [-0.1, -0.05) is 72.5 Å². The Bertz CT molecular complexity index is 774. The Morgan fingerprint density at radius 1 is 0.889 bits per heavy atom. The van der Waals surface area contributed by atoms with E-state index in [-0.39, 0.29) is 24.8 Å². The molecule has 0 bridgehead atoms. The van der Waals surface area contributed by atoms with Crippen LogP contribution >= 0.6 is 24.8 Å². The summed E-state index contributed by atoms with van der Waals surface area (Å²) in [6, 6.07) is 21.9. The van der Waals surface area contributed by atoms with Crippen molar-refractivity contribution >= 4 is 36.0 Å². The molecule has 0 fully saturated rings. The number of allylic oxidation sites excluding steroid dienone is 1. The SMILES string of the molecule is CN(C)CC#CCNC1CCC(c2ccccc2)=C1c1ccccc1.Cl.Cl. The number of hydrogen-bond acceptors (Lipinski definition) is 2. The Morgan fingerprint density at radius 2 is 1.48 bits per heavy atom. The maximum atomic E-state index is 3.65. The molecular formula is C23H28Cl2N2. The second-order valence-electron chi connectivity index (χ2n) is 6.69. The fraction of sp³-hybridized carbons (Fsp3) is 0.304. The van der Waals surface area contributed by atoms with Crippen molar-refractivity contribution in [2.45, 2.75) is 18.9 Å². The third kappa shape index (κ3) is 6.41. The minimum Gasteiger partial charge on any atom is -0.299 e. The Labute approximate surface area is 175 Å². The average Bonchev–Trinajstić information content (AvgIpc) is 3.06. The van der Waals surface area contributed by atoms with E-state index >= 15 is 0 Å². The van der Waals surface area contributed by atoms with Gasteiger partial charge in [0.2, 0.25) is 0 Å². The number of nitrogens with zero attached hydrogens (tertiary/aromatic N) is 1. The first-order valence-electron chi connectivity index (χ1n) is 8.93. The molecule has 0 saturated heterocycles. The quantitative estimate of drug-likeness (QED) is 0.725. The molecule has 27 heavy (non-hydrogen) atoms. The first-order valence-corrected chi connectivity index (χ1v) is 8.93. The summed E-state index contributed by atoms with van der Waals surface area (Å²) in [6.07, 6.45) is 2.24. The van der Waals surface area contributed by atoms with E-state index in [1.807, 2.05) is 14.1 Å². The van der Waals surface area contributed by atoms with Gasteiger partial charge in [0.05, 0.1) is 13.1 Å². The van der Waals surface area contributed by atoms with Crippen LogP contribution in [-0.2, 0) is 0 Å². The van der Waals surface area contributed by atoms with Crippen molar-refractivity contribution in [1.29, 1.82) is 0 Å². The molecule has 2 nitrogen and oxygen atoms in total. The first kappa shape index (κ1) is 23.3. The Kier molecular flexibility index (Phi) is 10.2. The second-order valence-corrected chi connectivity index (χ2v) is 6.69. The number of benzene rings is 2. The molecule has 3 rings (SSSR count). The Hall–Kier alpha value is -1.76. The first-order chi connectivity index (χ1) is 12.3. The van der Waals surface area contributed by atoms with Gasteiger partial charge in [-0.3, -0.25) is 10.2 Å². The molecule has 0 spiro atoms. The molecule has 1 atom stereocenters. The number of hydrogen-bond donors (Lipinski definition) is 1. The van der Waals surface area contributed by atoms with Crippen LogP contribution in [-0.4, -0.2) is 38.1 Å². The van der Waals surface area contributed by atoms with E-state index in [2.05, 4.69) is 82.7 Å². The molecule has 0 amide bonds. The lowest BCUT2D eigenvalue weighted by Gasteiger charge is -2.17. The van der Waals surface area contributed by atoms with Crippen LogP contribution in [0.25, 0.3) is 11.1 Å². The van der Waals surface area contributed by atoms with Crippen LogP contribution in [0.4, 0.5) is 0 Å². The highest BCUT2D eigenvalue weighted by molar-refractivity contribution is 5.95. The predicted octanol–water partition coefficient (Wildman–Crippen LogP) is 4.76. The lowest BCUT2D eigenvalue weighted by atomic mass is 9.95. The second kappa shape index (κ2) is 11.8. The van der Waals surface area contributed by atoms with Gasteiger partial charge in [-0.25, -0.2) is 0 Å². The third-order valence-electron chi connectivity index (χ3n) is 4.52. The van der Waals surface area contributed by atoms with E-state index in [1.54, 1.807) is 0 Å². The van der Waals surface area contributed by atoms with Gasteiger partial charge in [0.15, 0.2) is 0 Å². The van der Waals surface area contributed by atoms with Crippen molar-refractivity contribution in [3.63, 3.8) is 0 Å². The molecule has 0 aromatic heterocycles. The van der Waals surface area contributed by atoms with Gasteiger partial charge in [-0.05, 0) is 49.2 Å². The van der Waals surface area contributed by atoms with Crippen molar-refractivity contribution in [2.24, 2.45) is 0 Å². The molecule has 1 unspecified atom stereocenters. The molecule has 1 aliphatic carbocycles. The van der Waals surface area contributed by atoms with Crippen molar-refractivity contribution < 1.29 is 0 Å². The van der Waals surface area contributed by atoms with Gasteiger partial charge in [-0.15, -0.1) is 24.8 Å². The number of nitrogens with one attached hydrogen (secondary N) is 1. The van der Waals surface area contributed by atoms with E-state index < -0.39 is 0 Å². The highest BCUT2D eigenvalue weighted by atomic mass is 35.5. The zero-order chi connectivity index (χ0) is 17.5. The molecule has 1 N–H and O–H groups in total. The minimum atomic E-state index is 0. The summed E-state index contributed by atoms with van der Waals surface area (Å²) in [5.41, 5.74) is 5.55. The summed E-state index contributed by atoms with van der Waals surface area (Å²) >= 11 is 0. The number of rotatable bonds is 5. The maximum absolute atomic E-state index is 3.65. The summed E-state index contributed by atoms with van der Waals surface area (Å²) in [5, 5.41) is 3.65. The molecule has 0 saturated carbocycles. The van der Waals surface area contributed by atoms with E-state index in [0.717, 1.165) is 25.9 Å². The van der Waals surface area contributed by atoms with Gasteiger partial charge in [0.25, 0.3) is 0 Å². The van der Waals surface area contributed by atoms with Crippen LogP contribution in [0.3, 0.4) is 0 Å². The zero-order valence-corrected chi connectivity index (χ0v) is 17.6. The van der Waals surface area contributed by atoms with Crippen molar-refractivity contribution in [2.75, 3.05) is 27.2 Å². The summed E-state index contributed by atoms with van der Waals surface area (Å²) in [6.45, 7) is 1.54. The van der Waals surface area contributed by atoms with E-state index in [4.69, 9.17) is 0 Å². The lowest BCUT2D eigenvalue weighted by molar-refractivity contribution is 0.463. The van der Waals surface area contributed by atoms with Crippen molar-refractivity contribution in [1.82, 2.24) is 10.2 Å². The molecular weight excluding hydrogens is 375 g/mol. The molecule has 144 valence electrons. The summed E-state index contributed by atoms with van der Waals surface area (Å²) in [4.78, 5) is 2.09. The van der Waals surface area contributed by atoms with Crippen molar-refractivity contribution in [3.05, 3.63) is 71.8 Å². The predicted molar refractivity (Wildman–Crippen MR) is 122 cm³/mol. The molecule has 0 aliphatic heterocycles. The van der Waals surface area contributed by atoms with Gasteiger partial charge >= 0.3 is 0 Å². The molecule has 0 heterocycles. The normalized spacial score (nSPS) is 15.6. The van der Waals surface area contributed by atoms with Crippen LogP contribution in [0, 0.1) is 11.8 Å². The molecule has 1 aliphatic rings. The largest absolute Gasteiger partial charge is 0.299 e. The lowest BCUT2D eigenvalue weighted by Crippen LogP contribution is -2.28. The summed E-state index contributed by atoms with van der Waals surface area (Å²) < 4.78 is 0. The highest BCUT2D eigenvalue weighted by Gasteiger charge is 2.26. The standard InChI is InChI=1S/C23H26N2.2ClH/c1-25(2)18-10-9-17-24-22-16-15-21(19-11-5-3-6-12-19)23(22)20-13-7-4-8-14-20;;/h3-8,11-14,22,24H,15-18H2,1-2H3;2*1H. The smallest absolute Gasteiger partial charge is 0.0597 e. The van der Waals surface area contributed by atoms with E-state index in [9.17, 15) is 0 Å². The molecule has 2 aromatic rings. The fourth-order valence-electron chi connectivity index (χ4n) is 3.37. The van der Waals surface area contributed by atoms with Crippen LogP contribution in [0.15, 0.2) is 60.7 Å². The van der Waals surface area contributed by atoms with Crippen LogP contribution in [0.2, 0.25) is 0 Å². The monoisotopic (exact) mass is 402 g/mol. The van der Waals surface area contributed by atoms with Gasteiger partial charge in [-0.2, -0.15) is 0 Å². The average molecular weight is 403 g/mol. The minimum absolute atomic E-state index is 0. The van der Waals surface area contributed by atoms with E-state index in [1.165, 1.54) is 22.3 Å². The number of halogens is 2. The molecule has 4 heteroatoms. The van der Waals surface area contributed by atoms with Gasteiger partial charge in [0, 0.05) is 6.04 Å². The third-order valence-corrected chi connectivity index (χ3v) is 4.52. The topological polar surface area (TPSA) is 15.3 Å². The van der Waals surface area contributed by atoms with Crippen LogP contribution in [0.1, 0.15) is 24.0 Å².